The van der Waals surface area contributed by atoms with Crippen LogP contribution in [0.4, 0.5) is 0 Å². The van der Waals surface area contributed by atoms with E-state index in [0.29, 0.717) is 0 Å². The van der Waals surface area contributed by atoms with Gasteiger partial charge in [-0.25, -0.2) is 0 Å². The van der Waals surface area contributed by atoms with Gasteiger partial charge in [0.25, 0.3) is 0 Å². The molecule has 0 saturated carbocycles. The predicted octanol–water partition coefficient (Wildman–Crippen LogP) is 2.69. The topological polar surface area (TPSA) is 21.3 Å². The Labute approximate surface area is 93.1 Å². The Balaban J connectivity index is 2.47. The number of hydrogen-bond acceptors (Lipinski definition) is 2. The molecule has 0 heterocycles. The number of allylic oxidation sites excluding steroid dienone is 1. The molecule has 14 heavy (non-hydrogen) atoms. The molecule has 0 bridgehead atoms. The molecule has 0 radical (unpaired) electrons. The Bertz CT molecular complexity index is 295. The molecular formula is C11H14BrNO. The number of rotatable bonds is 5. The van der Waals surface area contributed by atoms with Crippen molar-refractivity contribution in [1.82, 2.24) is 5.32 Å². The van der Waals surface area contributed by atoms with E-state index in [0.717, 1.165) is 23.3 Å². The molecular weight excluding hydrogens is 242 g/mol. The van der Waals surface area contributed by atoms with E-state index in [1.165, 1.54) is 5.56 Å². The van der Waals surface area contributed by atoms with Crippen LogP contribution in [0.1, 0.15) is 5.56 Å². The molecule has 0 aliphatic rings. The standard InChI is InChI=1S/C11H14BrNO/c1-9(7-12)13-8-10-3-5-11(14-2)6-4-10/h3-6,13H,1,7-8H2,2H3. The lowest BCUT2D eigenvalue weighted by atomic mass is 10.2. The van der Waals surface area contributed by atoms with Crippen LogP contribution in [-0.2, 0) is 6.54 Å². The van der Waals surface area contributed by atoms with Gasteiger partial charge in [0.1, 0.15) is 5.75 Å². The minimum atomic E-state index is 0.781. The zero-order valence-corrected chi connectivity index (χ0v) is 9.80. The molecule has 0 atom stereocenters. The monoisotopic (exact) mass is 255 g/mol. The first-order valence-electron chi connectivity index (χ1n) is 4.37. The summed E-state index contributed by atoms with van der Waals surface area (Å²) < 4.78 is 5.07. The number of benzene rings is 1. The largest absolute Gasteiger partial charge is 0.497 e. The molecule has 2 nitrogen and oxygen atoms in total. The average Bonchev–Trinajstić information content (AvgIpc) is 2.26. The number of ether oxygens (including phenoxy) is 1. The van der Waals surface area contributed by atoms with E-state index in [1.54, 1.807) is 7.11 Å². The van der Waals surface area contributed by atoms with Gasteiger partial charge in [-0.3, -0.25) is 0 Å². The number of methoxy groups -OCH3 is 1. The van der Waals surface area contributed by atoms with Crippen LogP contribution in [0.2, 0.25) is 0 Å². The zero-order chi connectivity index (χ0) is 10.4. The number of alkyl halides is 1. The summed E-state index contributed by atoms with van der Waals surface area (Å²) in [5, 5.41) is 3.98. The normalized spacial score (nSPS) is 9.57. The van der Waals surface area contributed by atoms with E-state index in [1.807, 2.05) is 24.3 Å². The second-order valence-corrected chi connectivity index (χ2v) is 3.50. The summed E-state index contributed by atoms with van der Waals surface area (Å²) in [4.78, 5) is 0. The van der Waals surface area contributed by atoms with Crippen molar-refractivity contribution in [2.45, 2.75) is 6.54 Å². The van der Waals surface area contributed by atoms with Crippen LogP contribution in [0.3, 0.4) is 0 Å². The Hall–Kier alpha value is -0.960. The Morgan fingerprint density at radius 1 is 1.43 bits per heavy atom. The van der Waals surface area contributed by atoms with Crippen molar-refractivity contribution in [3.8, 4) is 5.75 Å². The van der Waals surface area contributed by atoms with Crippen LogP contribution < -0.4 is 10.1 Å². The van der Waals surface area contributed by atoms with Crippen molar-refractivity contribution in [1.29, 1.82) is 0 Å². The predicted molar refractivity (Wildman–Crippen MR) is 62.8 cm³/mol. The lowest BCUT2D eigenvalue weighted by Gasteiger charge is -2.07. The Kier molecular flexibility index (Phi) is 4.53. The number of nitrogens with one attached hydrogen (secondary N) is 1. The summed E-state index contributed by atoms with van der Waals surface area (Å²) in [6.07, 6.45) is 0. The molecule has 0 unspecified atom stereocenters. The van der Waals surface area contributed by atoms with Gasteiger partial charge < -0.3 is 10.1 Å². The highest BCUT2D eigenvalue weighted by Crippen LogP contribution is 2.11. The molecule has 1 rings (SSSR count). The molecule has 1 N–H and O–H groups in total. The van der Waals surface area contributed by atoms with E-state index in [-0.39, 0.29) is 0 Å². The van der Waals surface area contributed by atoms with Crippen molar-refractivity contribution in [3.05, 3.63) is 42.1 Å². The summed E-state index contributed by atoms with van der Waals surface area (Å²) in [5.41, 5.74) is 2.20. The van der Waals surface area contributed by atoms with Crippen LogP contribution in [0.5, 0.6) is 5.75 Å². The first-order chi connectivity index (χ1) is 6.76. The van der Waals surface area contributed by atoms with E-state index in [2.05, 4.69) is 27.8 Å². The van der Waals surface area contributed by atoms with E-state index in [9.17, 15) is 0 Å². The van der Waals surface area contributed by atoms with Gasteiger partial charge in [0.05, 0.1) is 7.11 Å². The highest BCUT2D eigenvalue weighted by atomic mass is 79.9. The van der Waals surface area contributed by atoms with Gasteiger partial charge in [0.2, 0.25) is 0 Å². The molecule has 0 spiro atoms. The summed E-state index contributed by atoms with van der Waals surface area (Å²) in [7, 11) is 1.67. The smallest absolute Gasteiger partial charge is 0.118 e. The highest BCUT2D eigenvalue weighted by molar-refractivity contribution is 9.09. The Morgan fingerprint density at radius 3 is 2.57 bits per heavy atom. The van der Waals surface area contributed by atoms with E-state index >= 15 is 0 Å². The van der Waals surface area contributed by atoms with Crippen LogP contribution in [-0.4, -0.2) is 12.4 Å². The molecule has 76 valence electrons. The zero-order valence-electron chi connectivity index (χ0n) is 8.22. The van der Waals surface area contributed by atoms with Gasteiger partial charge in [-0.1, -0.05) is 34.6 Å². The fourth-order valence-corrected chi connectivity index (χ4v) is 1.22. The van der Waals surface area contributed by atoms with Crippen LogP contribution in [0, 0.1) is 0 Å². The van der Waals surface area contributed by atoms with E-state index < -0.39 is 0 Å². The molecule has 1 aromatic rings. The third-order valence-corrected chi connectivity index (χ3v) is 2.54. The van der Waals surface area contributed by atoms with Gasteiger partial charge in [0.15, 0.2) is 0 Å². The lowest BCUT2D eigenvalue weighted by Crippen LogP contribution is -2.12. The summed E-state index contributed by atoms with van der Waals surface area (Å²) in [6.45, 7) is 4.64. The van der Waals surface area contributed by atoms with Crippen molar-refractivity contribution in [3.63, 3.8) is 0 Å². The molecule has 1 aromatic carbocycles. The first-order valence-corrected chi connectivity index (χ1v) is 5.49. The fraction of sp³-hybridized carbons (Fsp3) is 0.273. The van der Waals surface area contributed by atoms with Crippen molar-refractivity contribution < 1.29 is 4.74 Å². The summed E-state index contributed by atoms with van der Waals surface area (Å²) >= 11 is 3.33. The molecule has 0 fully saturated rings. The van der Waals surface area contributed by atoms with Gasteiger partial charge in [-0.2, -0.15) is 0 Å². The van der Waals surface area contributed by atoms with Gasteiger partial charge >= 0.3 is 0 Å². The minimum Gasteiger partial charge on any atom is -0.497 e. The highest BCUT2D eigenvalue weighted by Gasteiger charge is 1.94. The molecule has 3 heteroatoms. The quantitative estimate of drug-likeness (QED) is 0.818. The molecule has 0 saturated heterocycles. The second kappa shape index (κ2) is 5.70. The maximum absolute atomic E-state index is 5.07. The second-order valence-electron chi connectivity index (χ2n) is 2.94. The third kappa shape index (κ3) is 3.42. The van der Waals surface area contributed by atoms with Crippen LogP contribution in [0.15, 0.2) is 36.5 Å². The summed E-state index contributed by atoms with van der Waals surface area (Å²) in [6, 6.07) is 7.97. The maximum atomic E-state index is 5.07. The molecule has 0 aromatic heterocycles. The summed E-state index contributed by atoms with van der Waals surface area (Å²) in [5.74, 6) is 0.882. The van der Waals surface area contributed by atoms with Crippen molar-refractivity contribution >= 4 is 15.9 Å². The fourth-order valence-electron chi connectivity index (χ4n) is 1.02. The first kappa shape index (κ1) is 11.1. The molecule has 0 aliphatic carbocycles. The molecule has 0 amide bonds. The van der Waals surface area contributed by atoms with E-state index in [4.69, 9.17) is 4.74 Å². The lowest BCUT2D eigenvalue weighted by molar-refractivity contribution is 0.414. The van der Waals surface area contributed by atoms with Gasteiger partial charge in [0, 0.05) is 17.6 Å². The van der Waals surface area contributed by atoms with Crippen molar-refractivity contribution in [2.75, 3.05) is 12.4 Å². The van der Waals surface area contributed by atoms with Crippen LogP contribution >= 0.6 is 15.9 Å². The molecule has 0 aliphatic heterocycles. The third-order valence-electron chi connectivity index (χ3n) is 1.86. The number of halogens is 1. The average molecular weight is 256 g/mol. The van der Waals surface area contributed by atoms with Crippen LogP contribution in [0.25, 0.3) is 0 Å². The minimum absolute atomic E-state index is 0.781. The maximum Gasteiger partial charge on any atom is 0.118 e. The van der Waals surface area contributed by atoms with Gasteiger partial charge in [-0.05, 0) is 17.7 Å². The Morgan fingerprint density at radius 2 is 2.07 bits per heavy atom. The SMILES string of the molecule is C=C(CBr)NCc1ccc(OC)cc1. The number of hydrogen-bond donors (Lipinski definition) is 1. The van der Waals surface area contributed by atoms with Crippen molar-refractivity contribution in [2.24, 2.45) is 0 Å². The van der Waals surface area contributed by atoms with Gasteiger partial charge in [-0.15, -0.1) is 0 Å².